The highest BCUT2D eigenvalue weighted by Crippen LogP contribution is 2.27. The zero-order chi connectivity index (χ0) is 14.3. The van der Waals surface area contributed by atoms with Crippen molar-refractivity contribution in [3.63, 3.8) is 0 Å². The van der Waals surface area contributed by atoms with E-state index >= 15 is 0 Å². The van der Waals surface area contributed by atoms with Gasteiger partial charge in [0.2, 0.25) is 5.91 Å². The first-order chi connectivity index (χ1) is 9.08. The Bertz CT molecular complexity index is 424. The molecular weight excluding hydrogens is 264 g/mol. The van der Waals surface area contributed by atoms with E-state index in [4.69, 9.17) is 22.1 Å². The van der Waals surface area contributed by atoms with E-state index in [9.17, 15) is 4.79 Å². The van der Waals surface area contributed by atoms with Gasteiger partial charge in [0.05, 0.1) is 17.7 Å². The van der Waals surface area contributed by atoms with Crippen LogP contribution in [-0.2, 0) is 4.79 Å². The minimum Gasteiger partial charge on any atom is -0.492 e. The molecule has 0 spiro atoms. The van der Waals surface area contributed by atoms with Crippen LogP contribution in [0.1, 0.15) is 33.1 Å². The van der Waals surface area contributed by atoms with Crippen LogP contribution in [0.5, 0.6) is 5.75 Å². The number of benzene rings is 1. The van der Waals surface area contributed by atoms with Crippen molar-refractivity contribution in [2.75, 3.05) is 11.9 Å². The first kappa shape index (κ1) is 15.8. The summed E-state index contributed by atoms with van der Waals surface area (Å²) in [6.45, 7) is 4.50. The van der Waals surface area contributed by atoms with Crippen molar-refractivity contribution in [1.29, 1.82) is 0 Å². The van der Waals surface area contributed by atoms with Crippen molar-refractivity contribution in [2.24, 2.45) is 5.73 Å². The SMILES string of the molecule is CCCC[C@H](N)C(=O)Nc1ccc(OCC)c(Cl)c1. The second-order valence-corrected chi connectivity index (χ2v) is 4.72. The van der Waals surface area contributed by atoms with Crippen molar-refractivity contribution >= 4 is 23.2 Å². The summed E-state index contributed by atoms with van der Waals surface area (Å²) in [7, 11) is 0. The molecule has 0 aliphatic heterocycles. The van der Waals surface area contributed by atoms with E-state index in [-0.39, 0.29) is 5.91 Å². The molecule has 1 aromatic rings. The second-order valence-electron chi connectivity index (χ2n) is 4.32. The number of hydrogen-bond donors (Lipinski definition) is 2. The Labute approximate surface area is 119 Å². The van der Waals surface area contributed by atoms with E-state index < -0.39 is 6.04 Å². The molecule has 0 aromatic heterocycles. The van der Waals surface area contributed by atoms with E-state index in [1.54, 1.807) is 18.2 Å². The summed E-state index contributed by atoms with van der Waals surface area (Å²) in [6, 6.07) is 4.67. The zero-order valence-corrected chi connectivity index (χ0v) is 12.2. The average Bonchev–Trinajstić information content (AvgIpc) is 2.39. The number of halogens is 1. The standard InChI is InChI=1S/C14H21ClN2O2/c1-3-5-6-12(16)14(18)17-10-7-8-13(19-4-2)11(15)9-10/h7-9,12H,3-6,16H2,1-2H3,(H,17,18)/t12-/m0/s1. The van der Waals surface area contributed by atoms with Crippen molar-refractivity contribution in [3.05, 3.63) is 23.2 Å². The molecule has 106 valence electrons. The predicted octanol–water partition coefficient (Wildman–Crippen LogP) is 3.19. The van der Waals surface area contributed by atoms with Gasteiger partial charge in [-0.05, 0) is 31.5 Å². The molecule has 1 rings (SSSR count). The average molecular weight is 285 g/mol. The van der Waals surface area contributed by atoms with Crippen molar-refractivity contribution in [1.82, 2.24) is 0 Å². The lowest BCUT2D eigenvalue weighted by Crippen LogP contribution is -2.35. The summed E-state index contributed by atoms with van der Waals surface area (Å²) >= 11 is 6.05. The van der Waals surface area contributed by atoms with Gasteiger partial charge in [-0.25, -0.2) is 0 Å². The minimum atomic E-state index is -0.481. The van der Waals surface area contributed by atoms with Gasteiger partial charge in [0.25, 0.3) is 0 Å². The van der Waals surface area contributed by atoms with E-state index in [0.717, 1.165) is 12.8 Å². The number of carbonyl (C=O) groups is 1. The van der Waals surface area contributed by atoms with E-state index in [2.05, 4.69) is 12.2 Å². The molecule has 5 heteroatoms. The van der Waals surface area contributed by atoms with Gasteiger partial charge >= 0.3 is 0 Å². The van der Waals surface area contributed by atoms with Crippen molar-refractivity contribution in [3.8, 4) is 5.75 Å². The first-order valence-corrected chi connectivity index (χ1v) is 6.95. The number of amides is 1. The van der Waals surface area contributed by atoms with E-state index in [1.807, 2.05) is 6.92 Å². The van der Waals surface area contributed by atoms with E-state index in [1.165, 1.54) is 0 Å². The van der Waals surface area contributed by atoms with Crippen LogP contribution in [0.4, 0.5) is 5.69 Å². The second kappa shape index (κ2) is 8.02. The Balaban J connectivity index is 2.62. The molecule has 19 heavy (non-hydrogen) atoms. The number of rotatable bonds is 7. The van der Waals surface area contributed by atoms with Gasteiger partial charge in [-0.2, -0.15) is 0 Å². The summed E-state index contributed by atoms with van der Waals surface area (Å²) in [4.78, 5) is 11.8. The van der Waals surface area contributed by atoms with Crippen LogP contribution in [-0.4, -0.2) is 18.6 Å². The highest BCUT2D eigenvalue weighted by atomic mass is 35.5. The number of nitrogens with one attached hydrogen (secondary N) is 1. The number of hydrogen-bond acceptors (Lipinski definition) is 3. The maximum Gasteiger partial charge on any atom is 0.241 e. The monoisotopic (exact) mass is 284 g/mol. The van der Waals surface area contributed by atoms with Gasteiger partial charge in [-0.3, -0.25) is 4.79 Å². The lowest BCUT2D eigenvalue weighted by Gasteiger charge is -2.13. The molecule has 0 heterocycles. The molecule has 4 nitrogen and oxygen atoms in total. The lowest BCUT2D eigenvalue weighted by molar-refractivity contribution is -0.117. The highest BCUT2D eigenvalue weighted by molar-refractivity contribution is 6.32. The molecular formula is C14H21ClN2O2. The van der Waals surface area contributed by atoms with Crippen LogP contribution in [0.2, 0.25) is 5.02 Å². The molecule has 0 bridgehead atoms. The molecule has 0 aliphatic carbocycles. The Hall–Kier alpha value is -1.26. The van der Waals surface area contributed by atoms with Gasteiger partial charge in [0, 0.05) is 5.69 Å². The third-order valence-electron chi connectivity index (χ3n) is 2.70. The molecule has 0 unspecified atom stereocenters. The maximum absolute atomic E-state index is 11.8. The van der Waals surface area contributed by atoms with Crippen LogP contribution in [0.15, 0.2) is 18.2 Å². The fourth-order valence-corrected chi connectivity index (χ4v) is 1.88. The molecule has 0 saturated heterocycles. The smallest absolute Gasteiger partial charge is 0.241 e. The fourth-order valence-electron chi connectivity index (χ4n) is 1.64. The van der Waals surface area contributed by atoms with Gasteiger partial charge in [-0.15, -0.1) is 0 Å². The molecule has 1 amide bonds. The van der Waals surface area contributed by atoms with Crippen LogP contribution in [0, 0.1) is 0 Å². The number of carbonyl (C=O) groups excluding carboxylic acids is 1. The summed E-state index contributed by atoms with van der Waals surface area (Å²) < 4.78 is 5.33. The van der Waals surface area contributed by atoms with Crippen LogP contribution in [0.3, 0.4) is 0 Å². The Kier molecular flexibility index (Phi) is 6.67. The van der Waals surface area contributed by atoms with Crippen LogP contribution < -0.4 is 15.8 Å². The van der Waals surface area contributed by atoms with Crippen molar-refractivity contribution in [2.45, 2.75) is 39.2 Å². The molecule has 0 radical (unpaired) electrons. The topological polar surface area (TPSA) is 64.4 Å². The predicted molar refractivity (Wildman–Crippen MR) is 78.8 cm³/mol. The quantitative estimate of drug-likeness (QED) is 0.808. The van der Waals surface area contributed by atoms with E-state index in [0.29, 0.717) is 29.5 Å². The molecule has 0 fully saturated rings. The Morgan fingerprint density at radius 1 is 1.47 bits per heavy atom. The normalized spacial score (nSPS) is 12.0. The molecule has 1 atom stereocenters. The third-order valence-corrected chi connectivity index (χ3v) is 3.00. The first-order valence-electron chi connectivity index (χ1n) is 6.57. The Morgan fingerprint density at radius 3 is 2.79 bits per heavy atom. The van der Waals surface area contributed by atoms with Crippen molar-refractivity contribution < 1.29 is 9.53 Å². The summed E-state index contributed by atoms with van der Waals surface area (Å²) in [5.41, 5.74) is 6.43. The number of unbranched alkanes of at least 4 members (excludes halogenated alkanes) is 1. The van der Waals surface area contributed by atoms with Crippen LogP contribution >= 0.6 is 11.6 Å². The summed E-state index contributed by atoms with van der Waals surface area (Å²) in [5, 5.41) is 3.23. The summed E-state index contributed by atoms with van der Waals surface area (Å²) in [5.74, 6) is 0.422. The number of ether oxygens (including phenoxy) is 1. The highest BCUT2D eigenvalue weighted by Gasteiger charge is 2.13. The number of anilines is 1. The van der Waals surface area contributed by atoms with Gasteiger partial charge in [0.1, 0.15) is 5.75 Å². The Morgan fingerprint density at radius 2 is 2.21 bits per heavy atom. The fraction of sp³-hybridized carbons (Fsp3) is 0.500. The third kappa shape index (κ3) is 5.09. The largest absolute Gasteiger partial charge is 0.492 e. The summed E-state index contributed by atoms with van der Waals surface area (Å²) in [6.07, 6.45) is 2.65. The van der Waals surface area contributed by atoms with Gasteiger partial charge in [0.15, 0.2) is 0 Å². The minimum absolute atomic E-state index is 0.186. The van der Waals surface area contributed by atoms with Crippen LogP contribution in [0.25, 0.3) is 0 Å². The molecule has 0 aliphatic rings. The zero-order valence-electron chi connectivity index (χ0n) is 11.4. The van der Waals surface area contributed by atoms with Gasteiger partial charge in [-0.1, -0.05) is 31.4 Å². The molecule has 1 aromatic carbocycles. The van der Waals surface area contributed by atoms with Gasteiger partial charge < -0.3 is 15.8 Å². The maximum atomic E-state index is 11.8. The molecule has 0 saturated carbocycles. The lowest BCUT2D eigenvalue weighted by atomic mass is 10.1. The molecule has 3 N–H and O–H groups in total. The number of nitrogens with two attached hydrogens (primary N) is 1.